The molecule has 13 heteroatoms. The first-order valence-corrected chi connectivity index (χ1v) is 11.5. The van der Waals surface area contributed by atoms with Crippen molar-refractivity contribution in [3.63, 3.8) is 0 Å². The molecular formula is C21H28N4O8S. The Morgan fingerprint density at radius 1 is 0.853 bits per heavy atom. The lowest BCUT2D eigenvalue weighted by Gasteiger charge is -2.34. The summed E-state index contributed by atoms with van der Waals surface area (Å²) in [6.07, 6.45) is 6.01. The van der Waals surface area contributed by atoms with Crippen LogP contribution in [0.1, 0.15) is 36.0 Å². The minimum atomic E-state index is -1.82. The molecule has 34 heavy (non-hydrogen) atoms. The largest absolute Gasteiger partial charge is 0.473 e. The number of thiophene rings is 1. The molecule has 186 valence electrons. The zero-order valence-electron chi connectivity index (χ0n) is 19.0. The van der Waals surface area contributed by atoms with Gasteiger partial charge < -0.3 is 30.2 Å². The van der Waals surface area contributed by atoms with Crippen LogP contribution in [0.3, 0.4) is 0 Å². The topological polar surface area (TPSA) is 181 Å². The highest BCUT2D eigenvalue weighted by atomic mass is 32.1. The third-order valence-corrected chi connectivity index (χ3v) is 6.51. The lowest BCUT2D eigenvalue weighted by Crippen LogP contribution is -2.45. The fourth-order valence-corrected chi connectivity index (χ4v) is 4.86. The SMILES string of the molecule is CCc1nc(N2CCN(C)CC2)c2c3c(sc2n1)CCCC3.O=C(O)C(=O)O.O=C(O)C(=O)O. The summed E-state index contributed by atoms with van der Waals surface area (Å²) in [5.41, 5.74) is 1.56. The number of anilines is 1. The zero-order chi connectivity index (χ0) is 25.4. The molecule has 0 atom stereocenters. The molecule has 1 aliphatic carbocycles. The van der Waals surface area contributed by atoms with Crippen molar-refractivity contribution >= 4 is 51.2 Å². The summed E-state index contributed by atoms with van der Waals surface area (Å²) in [5, 5.41) is 30.9. The number of likely N-dealkylation sites (N-methyl/N-ethyl adjacent to an activating group) is 1. The molecule has 0 saturated carbocycles. The average molecular weight is 497 g/mol. The highest BCUT2D eigenvalue weighted by Gasteiger charge is 2.25. The maximum atomic E-state index is 9.10. The van der Waals surface area contributed by atoms with Crippen LogP contribution in [0, 0.1) is 0 Å². The van der Waals surface area contributed by atoms with E-state index in [9.17, 15) is 0 Å². The van der Waals surface area contributed by atoms with Crippen molar-refractivity contribution in [2.75, 3.05) is 38.1 Å². The molecule has 12 nitrogen and oxygen atoms in total. The highest BCUT2D eigenvalue weighted by Crippen LogP contribution is 2.39. The van der Waals surface area contributed by atoms with Crippen LogP contribution in [-0.4, -0.2) is 92.4 Å². The summed E-state index contributed by atoms with van der Waals surface area (Å²) in [5.74, 6) is -5.08. The van der Waals surface area contributed by atoms with Crippen LogP contribution in [-0.2, 0) is 38.4 Å². The molecule has 4 rings (SSSR count). The number of carbonyl (C=O) groups is 4. The number of rotatable bonds is 2. The van der Waals surface area contributed by atoms with E-state index in [4.69, 9.17) is 49.6 Å². The van der Waals surface area contributed by atoms with E-state index in [0.717, 1.165) is 38.4 Å². The number of carboxylic acids is 4. The molecule has 0 amide bonds. The number of piperazine rings is 1. The Labute approximate surface area is 199 Å². The Morgan fingerprint density at radius 2 is 1.38 bits per heavy atom. The first-order valence-electron chi connectivity index (χ1n) is 10.7. The average Bonchev–Trinajstić information content (AvgIpc) is 3.18. The Morgan fingerprint density at radius 3 is 1.88 bits per heavy atom. The molecule has 0 spiro atoms. The minimum Gasteiger partial charge on any atom is -0.473 e. The molecule has 0 aromatic carbocycles. The summed E-state index contributed by atoms with van der Waals surface area (Å²) >= 11 is 1.92. The molecule has 3 heterocycles. The fraction of sp³-hybridized carbons (Fsp3) is 0.524. The van der Waals surface area contributed by atoms with Crippen molar-refractivity contribution in [2.24, 2.45) is 0 Å². The van der Waals surface area contributed by atoms with Crippen molar-refractivity contribution < 1.29 is 39.6 Å². The molecule has 4 N–H and O–H groups in total. The zero-order valence-corrected chi connectivity index (χ0v) is 19.8. The standard InChI is InChI=1S/C17H24N4S.2C2H2O4/c1-3-14-18-16(21-10-8-20(2)9-11-21)15-12-6-4-5-7-13(12)22-17(15)19-14;2*3-1(4)2(5)6/h3-11H2,1-2H3;2*(H,3,4)(H,5,6). The molecule has 1 saturated heterocycles. The second kappa shape index (κ2) is 12.2. The molecule has 0 radical (unpaired) electrons. The van der Waals surface area contributed by atoms with Crippen molar-refractivity contribution in [3.8, 4) is 0 Å². The maximum absolute atomic E-state index is 9.10. The minimum absolute atomic E-state index is 0.916. The van der Waals surface area contributed by atoms with Crippen molar-refractivity contribution in [3.05, 3.63) is 16.3 Å². The number of aromatic nitrogens is 2. The summed E-state index contributed by atoms with van der Waals surface area (Å²) < 4.78 is 0. The van der Waals surface area contributed by atoms with Crippen molar-refractivity contribution in [1.82, 2.24) is 14.9 Å². The number of carboxylic acid groups (broad SMARTS) is 4. The summed E-state index contributed by atoms with van der Waals surface area (Å²) in [7, 11) is 2.21. The second-order valence-electron chi connectivity index (χ2n) is 7.72. The van der Waals surface area contributed by atoms with E-state index in [1.54, 1.807) is 10.4 Å². The Hall–Kier alpha value is -3.32. The first kappa shape index (κ1) is 26.9. The Balaban J connectivity index is 0.000000285. The van der Waals surface area contributed by atoms with Crippen LogP contribution in [0.2, 0.25) is 0 Å². The van der Waals surface area contributed by atoms with Crippen LogP contribution in [0.15, 0.2) is 0 Å². The quantitative estimate of drug-likeness (QED) is 0.437. The van der Waals surface area contributed by atoms with Gasteiger partial charge in [0.15, 0.2) is 0 Å². The van der Waals surface area contributed by atoms with Gasteiger partial charge in [-0.3, -0.25) is 0 Å². The number of aryl methyl sites for hydroxylation is 3. The molecule has 1 fully saturated rings. The van der Waals surface area contributed by atoms with Gasteiger partial charge in [0.1, 0.15) is 16.5 Å². The van der Waals surface area contributed by atoms with Crippen LogP contribution in [0.25, 0.3) is 10.2 Å². The van der Waals surface area contributed by atoms with Crippen molar-refractivity contribution in [2.45, 2.75) is 39.0 Å². The summed E-state index contributed by atoms with van der Waals surface area (Å²) in [6.45, 7) is 6.56. The molecule has 1 aliphatic heterocycles. The van der Waals surface area contributed by atoms with Gasteiger partial charge in [-0.1, -0.05) is 6.92 Å². The van der Waals surface area contributed by atoms with Gasteiger partial charge in [-0.2, -0.15) is 0 Å². The van der Waals surface area contributed by atoms with E-state index in [-0.39, 0.29) is 0 Å². The predicted octanol–water partition coefficient (Wildman–Crippen LogP) is 1.20. The van der Waals surface area contributed by atoms with Gasteiger partial charge in [0, 0.05) is 37.5 Å². The lowest BCUT2D eigenvalue weighted by molar-refractivity contribution is -0.159. The van der Waals surface area contributed by atoms with Gasteiger partial charge in [0.2, 0.25) is 0 Å². The third kappa shape index (κ3) is 7.09. The Bertz CT molecular complexity index is 1010. The summed E-state index contributed by atoms with van der Waals surface area (Å²) in [4.78, 5) is 53.9. The first-order chi connectivity index (χ1) is 16.0. The van der Waals surface area contributed by atoms with Gasteiger partial charge in [-0.15, -0.1) is 11.3 Å². The predicted molar refractivity (Wildman–Crippen MR) is 124 cm³/mol. The highest BCUT2D eigenvalue weighted by molar-refractivity contribution is 7.19. The Kier molecular flexibility index (Phi) is 9.69. The number of hydrogen-bond acceptors (Lipinski definition) is 9. The number of aliphatic carboxylic acids is 4. The molecule has 0 unspecified atom stereocenters. The summed E-state index contributed by atoms with van der Waals surface area (Å²) in [6, 6.07) is 0. The van der Waals surface area contributed by atoms with Gasteiger partial charge >= 0.3 is 23.9 Å². The molecule has 0 bridgehead atoms. The van der Waals surface area contributed by atoms with Crippen LogP contribution in [0.5, 0.6) is 0 Å². The monoisotopic (exact) mass is 496 g/mol. The molecule has 2 aliphatic rings. The fourth-order valence-electron chi connectivity index (χ4n) is 3.59. The number of hydrogen-bond donors (Lipinski definition) is 4. The van der Waals surface area contributed by atoms with E-state index in [0.29, 0.717) is 0 Å². The van der Waals surface area contributed by atoms with Gasteiger partial charge in [0.05, 0.1) is 5.39 Å². The van der Waals surface area contributed by atoms with E-state index >= 15 is 0 Å². The lowest BCUT2D eigenvalue weighted by atomic mass is 9.97. The maximum Gasteiger partial charge on any atom is 0.414 e. The molecule has 2 aromatic heterocycles. The van der Waals surface area contributed by atoms with E-state index in [2.05, 4.69) is 23.8 Å². The number of fused-ring (bicyclic) bond motifs is 3. The van der Waals surface area contributed by atoms with Crippen LogP contribution < -0.4 is 4.90 Å². The molecular weight excluding hydrogens is 468 g/mol. The van der Waals surface area contributed by atoms with Gasteiger partial charge in [-0.25, -0.2) is 29.1 Å². The van der Waals surface area contributed by atoms with Crippen molar-refractivity contribution in [1.29, 1.82) is 0 Å². The van der Waals surface area contributed by atoms with E-state index in [1.165, 1.54) is 41.7 Å². The second-order valence-corrected chi connectivity index (χ2v) is 8.80. The van der Waals surface area contributed by atoms with Crippen LogP contribution >= 0.6 is 11.3 Å². The van der Waals surface area contributed by atoms with E-state index in [1.807, 2.05) is 11.3 Å². The van der Waals surface area contributed by atoms with Crippen LogP contribution in [0.4, 0.5) is 5.82 Å². The third-order valence-electron chi connectivity index (χ3n) is 5.33. The number of nitrogens with zero attached hydrogens (tertiary/aromatic N) is 4. The normalized spacial score (nSPS) is 15.3. The smallest absolute Gasteiger partial charge is 0.414 e. The van der Waals surface area contributed by atoms with Gasteiger partial charge in [-0.05, 0) is 38.3 Å². The molecule has 2 aromatic rings. The van der Waals surface area contributed by atoms with E-state index < -0.39 is 23.9 Å². The van der Waals surface area contributed by atoms with Gasteiger partial charge in [0.25, 0.3) is 0 Å².